The molecule has 1 aliphatic rings. The summed E-state index contributed by atoms with van der Waals surface area (Å²) in [5.41, 5.74) is 17.3. The van der Waals surface area contributed by atoms with Crippen molar-refractivity contribution in [1.82, 2.24) is 14.5 Å². The molecule has 2 amide bonds. The lowest BCUT2D eigenvalue weighted by atomic mass is 9.94. The number of urea groups is 1. The van der Waals surface area contributed by atoms with Crippen molar-refractivity contribution < 1.29 is 4.79 Å². The van der Waals surface area contributed by atoms with E-state index in [0.29, 0.717) is 18.3 Å². The van der Waals surface area contributed by atoms with Crippen molar-refractivity contribution in [1.29, 1.82) is 0 Å². The van der Waals surface area contributed by atoms with Gasteiger partial charge in [0.2, 0.25) is 0 Å². The molecule has 7 heteroatoms. The summed E-state index contributed by atoms with van der Waals surface area (Å²) in [6.07, 6.45) is 7.00. The van der Waals surface area contributed by atoms with Gasteiger partial charge in [-0.1, -0.05) is 32.0 Å². The lowest BCUT2D eigenvalue weighted by Crippen LogP contribution is -2.36. The highest BCUT2D eigenvalue weighted by Gasteiger charge is 2.23. The Morgan fingerprint density at radius 1 is 1.12 bits per heavy atom. The number of unbranched alkanes of at least 4 members (excludes halogenated alkanes) is 1. The summed E-state index contributed by atoms with van der Waals surface area (Å²) in [6.45, 7) is 5.97. The molecule has 0 saturated heterocycles. The third kappa shape index (κ3) is 4.56. The van der Waals surface area contributed by atoms with E-state index in [0.717, 1.165) is 61.4 Å². The number of primary amides is 1. The van der Waals surface area contributed by atoms with Crippen molar-refractivity contribution in [3.63, 3.8) is 0 Å². The fourth-order valence-electron chi connectivity index (χ4n) is 4.73. The summed E-state index contributed by atoms with van der Waals surface area (Å²) in [5.74, 6) is 2.11. The van der Waals surface area contributed by atoms with Gasteiger partial charge >= 0.3 is 6.03 Å². The Morgan fingerprint density at radius 2 is 1.88 bits per heavy atom. The molecular weight excluding hydrogens is 400 g/mol. The van der Waals surface area contributed by atoms with Crippen molar-refractivity contribution in [3.8, 4) is 0 Å². The highest BCUT2D eigenvalue weighted by atomic mass is 16.2. The number of aromatic nitrogens is 3. The molecule has 7 nitrogen and oxygen atoms in total. The molecule has 1 aliphatic carbocycles. The van der Waals surface area contributed by atoms with Crippen LogP contribution in [0.3, 0.4) is 0 Å². The number of benzene rings is 1. The molecule has 0 radical (unpaired) electrons. The van der Waals surface area contributed by atoms with E-state index >= 15 is 0 Å². The molecule has 0 bridgehead atoms. The topological polar surface area (TPSA) is 103 Å². The second-order valence-corrected chi connectivity index (χ2v) is 9.14. The number of imidazole rings is 1. The lowest BCUT2D eigenvalue weighted by Gasteiger charge is -2.20. The first-order valence-corrected chi connectivity index (χ1v) is 11.7. The minimum absolute atomic E-state index is 0.422. The van der Waals surface area contributed by atoms with Gasteiger partial charge in [0, 0.05) is 30.9 Å². The van der Waals surface area contributed by atoms with Crippen LogP contribution in [0.15, 0.2) is 30.3 Å². The van der Waals surface area contributed by atoms with Crippen LogP contribution >= 0.6 is 0 Å². The molecule has 170 valence electrons. The SMILES string of the molecule is CC(C)Cn1c(CCCCN(C(N)=O)c2ccccc2)nc2c(N)nc3c(c21)CCCC3. The highest BCUT2D eigenvalue weighted by Crippen LogP contribution is 2.32. The van der Waals surface area contributed by atoms with E-state index < -0.39 is 6.03 Å². The Balaban J connectivity index is 1.55. The van der Waals surface area contributed by atoms with Crippen molar-refractivity contribution in [3.05, 3.63) is 47.4 Å². The standard InChI is InChI=1S/C25H34N6O/c1-17(2)16-31-21(14-8-9-15-30(25(27)32)18-10-4-3-5-11-18)29-22-23(31)19-12-6-7-13-20(19)28-24(22)26/h3-5,10-11,17H,6-9,12-16H2,1-2H3,(H2,26,28)(H2,27,32). The highest BCUT2D eigenvalue weighted by molar-refractivity contribution is 5.90. The summed E-state index contributed by atoms with van der Waals surface area (Å²) in [5, 5.41) is 0. The average molecular weight is 435 g/mol. The maximum absolute atomic E-state index is 11.9. The van der Waals surface area contributed by atoms with Gasteiger partial charge in [-0.2, -0.15) is 0 Å². The summed E-state index contributed by atoms with van der Waals surface area (Å²) >= 11 is 0. The van der Waals surface area contributed by atoms with Gasteiger partial charge in [0.15, 0.2) is 5.82 Å². The first-order chi connectivity index (χ1) is 15.5. The molecule has 4 N–H and O–H groups in total. The predicted molar refractivity (Wildman–Crippen MR) is 130 cm³/mol. The number of carbonyl (C=O) groups excluding carboxylic acids is 1. The number of para-hydroxylation sites is 1. The second-order valence-electron chi connectivity index (χ2n) is 9.14. The van der Waals surface area contributed by atoms with Crippen LogP contribution in [0, 0.1) is 5.92 Å². The van der Waals surface area contributed by atoms with Crippen LogP contribution in [0.1, 0.15) is 56.6 Å². The van der Waals surface area contributed by atoms with Crippen LogP contribution in [-0.4, -0.2) is 27.1 Å². The molecule has 0 aliphatic heterocycles. The van der Waals surface area contributed by atoms with E-state index in [1.54, 1.807) is 4.90 Å². The number of nitrogens with two attached hydrogens (primary N) is 2. The molecule has 0 spiro atoms. The molecule has 0 atom stereocenters. The smallest absolute Gasteiger partial charge is 0.319 e. The van der Waals surface area contributed by atoms with E-state index in [2.05, 4.69) is 18.4 Å². The van der Waals surface area contributed by atoms with Crippen LogP contribution in [0.5, 0.6) is 0 Å². The molecular formula is C25H34N6O. The van der Waals surface area contributed by atoms with E-state index in [1.165, 1.54) is 23.9 Å². The quantitative estimate of drug-likeness (QED) is 0.511. The molecule has 2 heterocycles. The maximum atomic E-state index is 11.9. The Bertz CT molecular complexity index is 1090. The molecule has 0 fully saturated rings. The van der Waals surface area contributed by atoms with Crippen LogP contribution < -0.4 is 16.4 Å². The van der Waals surface area contributed by atoms with Crippen LogP contribution in [-0.2, 0) is 25.8 Å². The third-order valence-electron chi connectivity index (χ3n) is 6.18. The van der Waals surface area contributed by atoms with E-state index in [1.807, 2.05) is 30.3 Å². The zero-order valence-electron chi connectivity index (χ0n) is 19.2. The van der Waals surface area contributed by atoms with Crippen molar-refractivity contribution in [2.75, 3.05) is 17.2 Å². The van der Waals surface area contributed by atoms with Crippen molar-refractivity contribution in [2.24, 2.45) is 11.7 Å². The molecule has 1 aromatic carbocycles. The number of hydrogen-bond donors (Lipinski definition) is 2. The van der Waals surface area contributed by atoms with E-state index in [9.17, 15) is 4.79 Å². The Kier molecular flexibility index (Phi) is 6.63. The monoisotopic (exact) mass is 434 g/mol. The number of anilines is 2. The van der Waals surface area contributed by atoms with E-state index in [-0.39, 0.29) is 0 Å². The van der Waals surface area contributed by atoms with E-state index in [4.69, 9.17) is 21.4 Å². The molecule has 3 aromatic rings. The Hall–Kier alpha value is -3.09. The summed E-state index contributed by atoms with van der Waals surface area (Å²) in [7, 11) is 0. The normalized spacial score (nSPS) is 13.5. The zero-order chi connectivity index (χ0) is 22.7. The summed E-state index contributed by atoms with van der Waals surface area (Å²) in [4.78, 5) is 23.2. The fourth-order valence-corrected chi connectivity index (χ4v) is 4.73. The molecule has 2 aromatic heterocycles. The first-order valence-electron chi connectivity index (χ1n) is 11.7. The number of rotatable bonds is 8. The minimum Gasteiger partial charge on any atom is -0.382 e. The minimum atomic E-state index is -0.422. The van der Waals surface area contributed by atoms with Crippen LogP contribution in [0.4, 0.5) is 16.3 Å². The van der Waals surface area contributed by atoms with Crippen molar-refractivity contribution in [2.45, 2.75) is 65.3 Å². The molecule has 4 rings (SSSR count). The number of fused-ring (bicyclic) bond motifs is 3. The second kappa shape index (κ2) is 9.59. The molecule has 32 heavy (non-hydrogen) atoms. The van der Waals surface area contributed by atoms with Crippen LogP contribution in [0.2, 0.25) is 0 Å². The first kappa shape index (κ1) is 22.1. The third-order valence-corrected chi connectivity index (χ3v) is 6.18. The lowest BCUT2D eigenvalue weighted by molar-refractivity contribution is 0.253. The molecule has 0 unspecified atom stereocenters. The Labute approximate surface area is 189 Å². The zero-order valence-corrected chi connectivity index (χ0v) is 19.2. The number of pyridine rings is 1. The van der Waals surface area contributed by atoms with Gasteiger partial charge in [0.25, 0.3) is 0 Å². The van der Waals surface area contributed by atoms with Gasteiger partial charge in [-0.15, -0.1) is 0 Å². The Morgan fingerprint density at radius 3 is 2.59 bits per heavy atom. The van der Waals surface area contributed by atoms with Gasteiger partial charge in [0.1, 0.15) is 11.3 Å². The van der Waals surface area contributed by atoms with Gasteiger partial charge in [0.05, 0.1) is 5.52 Å². The fraction of sp³-hybridized carbons (Fsp3) is 0.480. The average Bonchev–Trinajstić information content (AvgIpc) is 3.12. The predicted octanol–water partition coefficient (Wildman–Crippen LogP) is 4.46. The van der Waals surface area contributed by atoms with Gasteiger partial charge in [-0.05, 0) is 62.1 Å². The van der Waals surface area contributed by atoms with Gasteiger partial charge in [-0.25, -0.2) is 14.8 Å². The number of carbonyl (C=O) groups is 1. The number of amides is 2. The van der Waals surface area contributed by atoms with Crippen LogP contribution in [0.25, 0.3) is 11.0 Å². The number of nitrogen functional groups attached to an aromatic ring is 1. The number of nitrogens with zero attached hydrogens (tertiary/aromatic N) is 4. The van der Waals surface area contributed by atoms with Gasteiger partial charge in [-0.3, -0.25) is 4.90 Å². The largest absolute Gasteiger partial charge is 0.382 e. The summed E-state index contributed by atoms with van der Waals surface area (Å²) in [6, 6.07) is 9.16. The number of hydrogen-bond acceptors (Lipinski definition) is 4. The van der Waals surface area contributed by atoms with Crippen molar-refractivity contribution >= 4 is 28.6 Å². The maximum Gasteiger partial charge on any atom is 0.319 e. The number of aryl methyl sites for hydroxylation is 3. The van der Waals surface area contributed by atoms with Gasteiger partial charge < -0.3 is 16.0 Å². The summed E-state index contributed by atoms with van der Waals surface area (Å²) < 4.78 is 2.38. The molecule has 0 saturated carbocycles.